The van der Waals surface area contributed by atoms with Gasteiger partial charge in [-0.1, -0.05) is 0 Å². The monoisotopic (exact) mass is 385 g/mol. The SMILES string of the molecule is FP(F)F.[Pt].[Ru]. The third-order valence-electron chi connectivity index (χ3n) is 0. The summed E-state index contributed by atoms with van der Waals surface area (Å²) in [5.74, 6) is 0. The second kappa shape index (κ2) is 9.73. The molecule has 0 nitrogen and oxygen atoms in total. The van der Waals surface area contributed by atoms with E-state index in [0.29, 0.717) is 0 Å². The molecule has 0 aromatic rings. The molecule has 0 aliphatic carbocycles. The predicted octanol–water partition coefficient (Wildman–Crippen LogP) is 2.12. The summed E-state index contributed by atoms with van der Waals surface area (Å²) in [6.07, 6.45) is 0. The molecule has 0 aliphatic rings. The van der Waals surface area contributed by atoms with Crippen molar-refractivity contribution < 1.29 is 53.1 Å². The Labute approximate surface area is 62.0 Å². The van der Waals surface area contributed by atoms with Gasteiger partial charge < -0.3 is 0 Å². The summed E-state index contributed by atoms with van der Waals surface area (Å²) in [5.41, 5.74) is 0. The van der Waals surface area contributed by atoms with Gasteiger partial charge in [-0.3, -0.25) is 0 Å². The fourth-order valence-electron chi connectivity index (χ4n) is 0. The molecule has 0 aromatic carbocycles. The Morgan fingerprint density at radius 3 is 1.00 bits per heavy atom. The van der Waals surface area contributed by atoms with Crippen LogP contribution in [0.1, 0.15) is 0 Å². The Morgan fingerprint density at radius 1 is 1.00 bits per heavy atom. The van der Waals surface area contributed by atoms with Crippen LogP contribution < -0.4 is 0 Å². The van der Waals surface area contributed by atoms with Crippen LogP contribution in [0, 0.1) is 0 Å². The van der Waals surface area contributed by atoms with Crippen LogP contribution in [0.15, 0.2) is 0 Å². The molecule has 6 heavy (non-hydrogen) atoms. The first-order chi connectivity index (χ1) is 1.73. The van der Waals surface area contributed by atoms with E-state index in [2.05, 4.69) is 0 Å². The Bertz CT molecular complexity index is 15.5. The Kier molecular flexibility index (Phi) is 25.4. The van der Waals surface area contributed by atoms with Crippen molar-refractivity contribution in [3.05, 3.63) is 0 Å². The van der Waals surface area contributed by atoms with E-state index in [9.17, 15) is 12.6 Å². The number of hydrogen-bond donors (Lipinski definition) is 0. The quantitative estimate of drug-likeness (QED) is 0.444. The van der Waals surface area contributed by atoms with Gasteiger partial charge in [-0.15, -0.1) is 0 Å². The number of rotatable bonds is 0. The minimum atomic E-state index is -4.12. The van der Waals surface area contributed by atoms with Crippen molar-refractivity contribution in [3.8, 4) is 0 Å². The van der Waals surface area contributed by atoms with E-state index in [-0.39, 0.29) is 40.5 Å². The van der Waals surface area contributed by atoms with Gasteiger partial charge in [0.2, 0.25) is 0 Å². The van der Waals surface area contributed by atoms with Gasteiger partial charge in [0.1, 0.15) is 0 Å². The summed E-state index contributed by atoms with van der Waals surface area (Å²) in [5, 5.41) is 0. The Hall–Kier alpha value is 1.53. The van der Waals surface area contributed by atoms with Crippen LogP contribution in [-0.2, 0) is 40.5 Å². The summed E-state index contributed by atoms with van der Waals surface area (Å²) in [4.78, 5) is 0. The van der Waals surface area contributed by atoms with Crippen molar-refractivity contribution >= 4 is 8.85 Å². The summed E-state index contributed by atoms with van der Waals surface area (Å²) >= 11 is 0. The van der Waals surface area contributed by atoms with Crippen LogP contribution >= 0.6 is 8.85 Å². The summed E-state index contributed by atoms with van der Waals surface area (Å²) in [6.45, 7) is 0. The van der Waals surface area contributed by atoms with Crippen LogP contribution in [0.2, 0.25) is 0 Å². The summed E-state index contributed by atoms with van der Waals surface area (Å²) in [6, 6.07) is 0. The molecule has 0 aromatic heterocycles. The fourth-order valence-corrected chi connectivity index (χ4v) is 0. The minimum Gasteiger partial charge on any atom is -0.152 e. The van der Waals surface area contributed by atoms with Gasteiger partial charge >= 0.3 is 8.85 Å². The van der Waals surface area contributed by atoms with Gasteiger partial charge in [0, 0.05) is 40.5 Å². The van der Waals surface area contributed by atoms with Crippen LogP contribution in [-0.4, -0.2) is 0 Å². The molecule has 0 radical (unpaired) electrons. The van der Waals surface area contributed by atoms with E-state index in [0.717, 1.165) is 0 Å². The maximum atomic E-state index is 9.73. The van der Waals surface area contributed by atoms with Gasteiger partial charge in [-0.2, -0.15) is 12.6 Å². The van der Waals surface area contributed by atoms with Crippen molar-refractivity contribution in [2.24, 2.45) is 0 Å². The second-order valence-corrected chi connectivity index (χ2v) is 0.575. The molecule has 0 bridgehead atoms. The zero-order chi connectivity index (χ0) is 3.58. The molecule has 0 saturated carbocycles. The topological polar surface area (TPSA) is 0 Å². The summed E-state index contributed by atoms with van der Waals surface area (Å²) < 4.78 is 29.2. The molecule has 6 heteroatoms. The Balaban J connectivity index is -0.0000000450. The van der Waals surface area contributed by atoms with Gasteiger partial charge in [-0.05, 0) is 0 Å². The maximum absolute atomic E-state index is 9.73. The standard InChI is InChI=1S/F3P.Pt.Ru/c1-4(2)3;;. The molecule has 0 N–H and O–H groups in total. The van der Waals surface area contributed by atoms with Crippen molar-refractivity contribution in [1.82, 2.24) is 0 Å². The first-order valence-electron chi connectivity index (χ1n) is 0.507. The predicted molar refractivity (Wildman–Crippen MR) is 10.2 cm³/mol. The molecule has 0 heterocycles. The van der Waals surface area contributed by atoms with Crippen molar-refractivity contribution in [2.45, 2.75) is 0 Å². The molecular weight excluding hydrogens is 384 g/mol. The first-order valence-corrected chi connectivity index (χ1v) is 1.52. The maximum Gasteiger partial charge on any atom is 0.456 e. The summed E-state index contributed by atoms with van der Waals surface area (Å²) in [7, 11) is -4.12. The van der Waals surface area contributed by atoms with E-state index in [4.69, 9.17) is 0 Å². The molecule has 0 aliphatic heterocycles. The number of halogens is 3. The van der Waals surface area contributed by atoms with E-state index in [1.807, 2.05) is 0 Å². The van der Waals surface area contributed by atoms with Crippen molar-refractivity contribution in [1.29, 1.82) is 0 Å². The van der Waals surface area contributed by atoms with E-state index >= 15 is 0 Å². The van der Waals surface area contributed by atoms with Gasteiger partial charge in [0.15, 0.2) is 0 Å². The zero-order valence-corrected chi connectivity index (χ0v) is 7.16. The van der Waals surface area contributed by atoms with E-state index in [1.165, 1.54) is 0 Å². The largest absolute Gasteiger partial charge is 0.456 e. The molecule has 0 atom stereocenters. The molecule has 0 spiro atoms. The van der Waals surface area contributed by atoms with Gasteiger partial charge in [0.25, 0.3) is 0 Å². The average Bonchev–Trinajstić information content (AvgIpc) is 0.811. The molecule has 0 saturated heterocycles. The second-order valence-electron chi connectivity index (χ2n) is 0.192. The first kappa shape index (κ1) is 15.6. The third kappa shape index (κ3) is 48.4. The average molecular weight is 384 g/mol. The van der Waals surface area contributed by atoms with Crippen molar-refractivity contribution in [3.63, 3.8) is 0 Å². The van der Waals surface area contributed by atoms with Crippen LogP contribution in [0.5, 0.6) is 0 Å². The third-order valence-corrected chi connectivity index (χ3v) is 0. The van der Waals surface area contributed by atoms with Crippen LogP contribution in [0.25, 0.3) is 0 Å². The molecule has 0 amide bonds. The van der Waals surface area contributed by atoms with Gasteiger partial charge in [0.05, 0.1) is 0 Å². The van der Waals surface area contributed by atoms with E-state index < -0.39 is 8.85 Å². The zero-order valence-electron chi connectivity index (χ0n) is 2.25. The molecule has 44 valence electrons. The molecule has 0 unspecified atom stereocenters. The smallest absolute Gasteiger partial charge is 0.152 e. The van der Waals surface area contributed by atoms with Crippen LogP contribution in [0.3, 0.4) is 0 Å². The van der Waals surface area contributed by atoms with Gasteiger partial charge in [-0.25, -0.2) is 0 Å². The fraction of sp³-hybridized carbons (Fsp3) is 0. The van der Waals surface area contributed by atoms with E-state index in [1.54, 1.807) is 0 Å². The van der Waals surface area contributed by atoms with Crippen molar-refractivity contribution in [2.75, 3.05) is 0 Å². The van der Waals surface area contributed by atoms with Crippen LogP contribution in [0.4, 0.5) is 12.6 Å². The minimum absolute atomic E-state index is 0. The molecule has 0 rings (SSSR count). The normalized spacial score (nSPS) is 6.00. The molecular formula is F3PPtRu. The Morgan fingerprint density at radius 2 is 1.00 bits per heavy atom. The molecule has 0 fully saturated rings. The number of hydrogen-bond acceptors (Lipinski definition) is 0.